The molecule has 0 aliphatic carbocycles. The van der Waals surface area contributed by atoms with Crippen LogP contribution in [0.25, 0.3) is 5.76 Å². The van der Waals surface area contributed by atoms with Gasteiger partial charge < -0.3 is 14.7 Å². The molecule has 0 bridgehead atoms. The van der Waals surface area contributed by atoms with Crippen LogP contribution in [-0.2, 0) is 20.4 Å². The van der Waals surface area contributed by atoms with Gasteiger partial charge in [-0.3, -0.25) is 14.5 Å². The Bertz CT molecular complexity index is 1450. The number of Topliss-reactive ketones (excluding diaryl/α,β-unsaturated/α-hetero) is 1. The predicted octanol–water partition coefficient (Wildman–Crippen LogP) is 6.98. The average Bonchev–Trinajstić information content (AvgIpc) is 3.17. The van der Waals surface area contributed by atoms with Gasteiger partial charge in [-0.2, -0.15) is 0 Å². The number of hydrogen-bond donors (Lipinski definition) is 1. The number of carbonyl (C=O) groups is 2. The summed E-state index contributed by atoms with van der Waals surface area (Å²) in [5.74, 6) is -0.898. The number of rotatable bonds is 5. The van der Waals surface area contributed by atoms with E-state index in [0.29, 0.717) is 17.0 Å². The minimum absolute atomic E-state index is 0.0623. The van der Waals surface area contributed by atoms with E-state index in [1.807, 2.05) is 73.6 Å². The van der Waals surface area contributed by atoms with E-state index in [4.69, 9.17) is 4.74 Å². The van der Waals surface area contributed by atoms with Crippen molar-refractivity contribution in [3.05, 3.63) is 94.6 Å². The highest BCUT2D eigenvalue weighted by Crippen LogP contribution is 2.44. The van der Waals surface area contributed by atoms with Crippen molar-refractivity contribution in [1.29, 1.82) is 0 Å². The molecule has 1 aliphatic heterocycles. The smallest absolute Gasteiger partial charge is 0.300 e. The molecule has 0 aromatic heterocycles. The highest BCUT2D eigenvalue weighted by atomic mass is 16.5. The van der Waals surface area contributed by atoms with Crippen LogP contribution in [0.3, 0.4) is 0 Å². The topological polar surface area (TPSA) is 70.1 Å². The first kappa shape index (κ1) is 28.9. The summed E-state index contributed by atoms with van der Waals surface area (Å²) in [7, 11) is 5.51. The molecule has 1 heterocycles. The molecule has 3 aromatic carbocycles. The fraction of sp³-hybridized carbons (Fsp3) is 0.353. The van der Waals surface area contributed by atoms with Crippen LogP contribution < -0.4 is 14.5 Å². The fourth-order valence-corrected chi connectivity index (χ4v) is 5.09. The van der Waals surface area contributed by atoms with E-state index in [0.717, 1.165) is 22.4 Å². The highest BCUT2D eigenvalue weighted by Gasteiger charge is 2.47. The molecular formula is C34H40N2O4. The van der Waals surface area contributed by atoms with Crippen molar-refractivity contribution in [3.8, 4) is 5.75 Å². The number of ether oxygens (including phenoxy) is 1. The van der Waals surface area contributed by atoms with E-state index >= 15 is 0 Å². The molecular weight excluding hydrogens is 500 g/mol. The van der Waals surface area contributed by atoms with Crippen LogP contribution in [0.15, 0.2) is 72.3 Å². The number of benzene rings is 3. The molecule has 3 aromatic rings. The maximum Gasteiger partial charge on any atom is 0.300 e. The van der Waals surface area contributed by atoms with Crippen molar-refractivity contribution in [2.75, 3.05) is 31.0 Å². The number of aliphatic hydroxyl groups excluding tert-OH is 1. The van der Waals surface area contributed by atoms with Crippen molar-refractivity contribution < 1.29 is 19.4 Å². The van der Waals surface area contributed by atoms with E-state index in [9.17, 15) is 14.7 Å². The van der Waals surface area contributed by atoms with Crippen molar-refractivity contribution in [2.45, 2.75) is 58.4 Å². The van der Waals surface area contributed by atoms with E-state index in [1.165, 1.54) is 4.90 Å². The van der Waals surface area contributed by atoms with Crippen LogP contribution in [0.2, 0.25) is 0 Å². The normalized spacial score (nSPS) is 17.3. The number of nitrogens with zero attached hydrogens (tertiary/aromatic N) is 2. The minimum Gasteiger partial charge on any atom is -0.507 e. The first-order valence-corrected chi connectivity index (χ1v) is 13.5. The van der Waals surface area contributed by atoms with Gasteiger partial charge in [0.15, 0.2) is 0 Å². The lowest BCUT2D eigenvalue weighted by atomic mass is 9.84. The van der Waals surface area contributed by atoms with Gasteiger partial charge in [0, 0.05) is 36.6 Å². The maximum atomic E-state index is 13.7. The van der Waals surface area contributed by atoms with Gasteiger partial charge in [-0.15, -0.1) is 0 Å². The summed E-state index contributed by atoms with van der Waals surface area (Å²) in [6.45, 7) is 12.5. The lowest BCUT2D eigenvalue weighted by Crippen LogP contribution is -2.29. The number of ketones is 1. The molecule has 1 unspecified atom stereocenters. The van der Waals surface area contributed by atoms with Gasteiger partial charge in [0.1, 0.15) is 11.5 Å². The first-order chi connectivity index (χ1) is 18.6. The lowest BCUT2D eigenvalue weighted by Gasteiger charge is -2.27. The molecule has 1 atom stereocenters. The van der Waals surface area contributed by atoms with E-state index in [-0.39, 0.29) is 22.2 Å². The number of anilines is 2. The highest BCUT2D eigenvalue weighted by molar-refractivity contribution is 6.51. The first-order valence-electron chi connectivity index (χ1n) is 13.5. The summed E-state index contributed by atoms with van der Waals surface area (Å²) in [4.78, 5) is 30.8. The second kappa shape index (κ2) is 10.5. The molecule has 1 saturated heterocycles. The van der Waals surface area contributed by atoms with E-state index in [2.05, 4.69) is 41.5 Å². The summed E-state index contributed by atoms with van der Waals surface area (Å²) in [5.41, 5.74) is 4.51. The predicted molar refractivity (Wildman–Crippen MR) is 162 cm³/mol. The van der Waals surface area contributed by atoms with Crippen LogP contribution in [0.4, 0.5) is 11.4 Å². The Morgan fingerprint density at radius 1 is 0.850 bits per heavy atom. The van der Waals surface area contributed by atoms with Crippen molar-refractivity contribution in [2.24, 2.45) is 0 Å². The van der Waals surface area contributed by atoms with Gasteiger partial charge in [0.2, 0.25) is 0 Å². The van der Waals surface area contributed by atoms with Crippen molar-refractivity contribution in [1.82, 2.24) is 0 Å². The second-order valence-corrected chi connectivity index (χ2v) is 12.6. The molecule has 1 aliphatic rings. The Morgan fingerprint density at radius 2 is 1.45 bits per heavy atom. The van der Waals surface area contributed by atoms with E-state index < -0.39 is 17.7 Å². The zero-order valence-corrected chi connectivity index (χ0v) is 25.0. The SMILES string of the molecule is COc1ccc(/C(O)=C2/C(=O)C(=O)N(c3ccc(C(C)(C)C)cc3)C2c2ccc(N(C)C)cc2)cc1C(C)(C)C. The Balaban J connectivity index is 1.93. The van der Waals surface area contributed by atoms with Crippen LogP contribution in [0, 0.1) is 0 Å². The molecule has 0 radical (unpaired) electrons. The van der Waals surface area contributed by atoms with Gasteiger partial charge >= 0.3 is 0 Å². The second-order valence-electron chi connectivity index (χ2n) is 12.6. The molecule has 210 valence electrons. The molecule has 6 heteroatoms. The van der Waals surface area contributed by atoms with Gasteiger partial charge in [-0.25, -0.2) is 0 Å². The molecule has 1 amide bonds. The van der Waals surface area contributed by atoms with Crippen molar-refractivity contribution >= 4 is 28.8 Å². The maximum absolute atomic E-state index is 13.7. The number of amides is 1. The van der Waals surface area contributed by atoms with Crippen LogP contribution in [0.1, 0.15) is 69.8 Å². The summed E-state index contributed by atoms with van der Waals surface area (Å²) in [6.07, 6.45) is 0. The lowest BCUT2D eigenvalue weighted by molar-refractivity contribution is -0.132. The van der Waals surface area contributed by atoms with Crippen molar-refractivity contribution in [3.63, 3.8) is 0 Å². The average molecular weight is 541 g/mol. The van der Waals surface area contributed by atoms with Crippen LogP contribution >= 0.6 is 0 Å². The quantitative estimate of drug-likeness (QED) is 0.215. The Hall–Kier alpha value is -4.06. The summed E-state index contributed by atoms with van der Waals surface area (Å²) in [5, 5.41) is 11.7. The number of methoxy groups -OCH3 is 1. The molecule has 0 saturated carbocycles. The summed E-state index contributed by atoms with van der Waals surface area (Å²) in [6, 6.07) is 20.0. The van der Waals surface area contributed by atoms with E-state index in [1.54, 1.807) is 19.2 Å². The standard InChI is InChI=1S/C34H40N2O4/c1-33(2,3)23-13-17-25(18-14-23)36-29(21-10-15-24(16-11-21)35(7)8)28(31(38)32(36)39)30(37)22-12-19-27(40-9)26(20-22)34(4,5)6/h10-20,29,37H,1-9H3/b30-28-. The van der Waals surface area contributed by atoms with Gasteiger partial charge in [0.25, 0.3) is 11.7 Å². The van der Waals surface area contributed by atoms with Crippen LogP contribution in [-0.4, -0.2) is 38.0 Å². The molecule has 1 fully saturated rings. The number of hydrogen-bond acceptors (Lipinski definition) is 5. The third-order valence-corrected chi connectivity index (χ3v) is 7.46. The monoisotopic (exact) mass is 540 g/mol. The Labute approximate surface area is 237 Å². The zero-order chi connectivity index (χ0) is 29.6. The molecule has 40 heavy (non-hydrogen) atoms. The summed E-state index contributed by atoms with van der Waals surface area (Å²) >= 11 is 0. The van der Waals surface area contributed by atoms with Crippen LogP contribution in [0.5, 0.6) is 5.75 Å². The number of aliphatic hydroxyl groups is 1. The molecule has 0 spiro atoms. The largest absolute Gasteiger partial charge is 0.507 e. The van der Waals surface area contributed by atoms with Gasteiger partial charge in [0.05, 0.1) is 18.7 Å². The Morgan fingerprint density at radius 3 is 1.95 bits per heavy atom. The molecule has 6 nitrogen and oxygen atoms in total. The third-order valence-electron chi connectivity index (χ3n) is 7.46. The third kappa shape index (κ3) is 5.35. The molecule has 1 N–H and O–H groups in total. The molecule has 4 rings (SSSR count). The minimum atomic E-state index is -0.795. The number of carbonyl (C=O) groups excluding carboxylic acids is 2. The Kier molecular flexibility index (Phi) is 7.59. The fourth-order valence-electron chi connectivity index (χ4n) is 5.09. The van der Waals surface area contributed by atoms with Gasteiger partial charge in [-0.1, -0.05) is 65.8 Å². The van der Waals surface area contributed by atoms with Gasteiger partial charge in [-0.05, 0) is 64.4 Å². The zero-order valence-electron chi connectivity index (χ0n) is 25.0. The summed E-state index contributed by atoms with van der Waals surface area (Å²) < 4.78 is 5.57.